The van der Waals surface area contributed by atoms with Crippen LogP contribution in [0.5, 0.6) is 23.0 Å². The molecule has 0 bridgehead atoms. The molecule has 240 valence electrons. The van der Waals surface area contributed by atoms with Gasteiger partial charge in [-0.15, -0.1) is 0 Å². The average molecular weight is 621 g/mol. The maximum Gasteiger partial charge on any atom is 0.331 e. The molecule has 2 N–H and O–H groups in total. The van der Waals surface area contributed by atoms with E-state index < -0.39 is 30.1 Å². The second-order valence-electron chi connectivity index (χ2n) is 11.9. The highest BCUT2D eigenvalue weighted by atomic mass is 16.6. The standard InChI is InChI=1S/C34H40N2O9/c1-40-20-7-8-21-22-10-11-36-17-19-14-26(45-29(37)9-6-18-12-27(41-2)33(43-4)28(13-18)42-3)32(38)30(34(39)44-5)23(19)16-25(36)31(22)35-24(21)15-20/h6-9,12-13,15,19,23,25-26,30,32,35,38H,10-11,14,16-17H2,1-5H3/b9-6+/t19-,23+,25-,26-,30+,32+/m1/s1. The molecule has 6 atom stereocenters. The zero-order valence-corrected chi connectivity index (χ0v) is 26.2. The molecule has 11 heteroatoms. The van der Waals surface area contributed by atoms with E-state index in [1.54, 1.807) is 25.3 Å². The third-order valence-corrected chi connectivity index (χ3v) is 9.72. The van der Waals surface area contributed by atoms with Crippen LogP contribution >= 0.6 is 0 Å². The van der Waals surface area contributed by atoms with Gasteiger partial charge in [0.1, 0.15) is 18.0 Å². The molecule has 3 aromatic rings. The van der Waals surface area contributed by atoms with E-state index in [2.05, 4.69) is 16.0 Å². The summed E-state index contributed by atoms with van der Waals surface area (Å²) in [5.74, 6) is 0.111. The first-order chi connectivity index (χ1) is 21.8. The fourth-order valence-corrected chi connectivity index (χ4v) is 7.63. The lowest BCUT2D eigenvalue weighted by molar-refractivity contribution is -0.182. The van der Waals surface area contributed by atoms with E-state index in [0.717, 1.165) is 36.5 Å². The Kier molecular flexibility index (Phi) is 8.65. The van der Waals surface area contributed by atoms with Crippen molar-refractivity contribution in [3.05, 3.63) is 53.2 Å². The van der Waals surface area contributed by atoms with Crippen molar-refractivity contribution in [2.24, 2.45) is 17.8 Å². The molecular weight excluding hydrogens is 580 g/mol. The van der Waals surface area contributed by atoms with E-state index in [0.29, 0.717) is 35.7 Å². The summed E-state index contributed by atoms with van der Waals surface area (Å²) in [7, 11) is 7.54. The number of hydrogen-bond donors (Lipinski definition) is 2. The number of nitrogens with one attached hydrogen (secondary N) is 1. The van der Waals surface area contributed by atoms with E-state index in [1.807, 2.05) is 12.1 Å². The summed E-state index contributed by atoms with van der Waals surface area (Å²) in [6.07, 6.45) is 2.85. The number of carbonyl (C=O) groups excluding carboxylic acids is 2. The maximum atomic E-state index is 13.2. The summed E-state index contributed by atoms with van der Waals surface area (Å²) in [6, 6.07) is 9.59. The molecule has 3 aliphatic rings. The van der Waals surface area contributed by atoms with Crippen molar-refractivity contribution in [1.82, 2.24) is 9.88 Å². The number of aromatic amines is 1. The van der Waals surface area contributed by atoms with Gasteiger partial charge < -0.3 is 38.5 Å². The van der Waals surface area contributed by atoms with Crippen molar-refractivity contribution >= 4 is 28.9 Å². The molecule has 1 aliphatic carbocycles. The van der Waals surface area contributed by atoms with E-state index >= 15 is 0 Å². The predicted octanol–water partition coefficient (Wildman–Crippen LogP) is 3.92. The number of esters is 2. The van der Waals surface area contributed by atoms with Gasteiger partial charge in [-0.1, -0.05) is 0 Å². The Bertz CT molecular complexity index is 1590. The minimum absolute atomic E-state index is 0.0386. The SMILES string of the molecule is COC(=O)[C@@H]1[C@@H](O)[C@H](OC(=O)/C=C/c2cc(OC)c(OC)c(OC)c2)C[C@@H]2CN3CCc4c([nH]c5cc(OC)ccc45)[C@H]3C[C@@H]21. The zero-order valence-electron chi connectivity index (χ0n) is 26.2. The fourth-order valence-electron chi connectivity index (χ4n) is 7.63. The molecule has 11 nitrogen and oxygen atoms in total. The van der Waals surface area contributed by atoms with Gasteiger partial charge in [-0.2, -0.15) is 0 Å². The van der Waals surface area contributed by atoms with Crippen molar-refractivity contribution in [2.75, 3.05) is 48.6 Å². The fraction of sp³-hybridized carbons (Fsp3) is 0.471. The molecule has 2 fully saturated rings. The predicted molar refractivity (Wildman–Crippen MR) is 166 cm³/mol. The first kappa shape index (κ1) is 30.8. The van der Waals surface area contributed by atoms with Crippen LogP contribution in [-0.4, -0.2) is 87.8 Å². The van der Waals surface area contributed by atoms with Gasteiger partial charge in [-0.25, -0.2) is 4.79 Å². The highest BCUT2D eigenvalue weighted by Gasteiger charge is 2.53. The monoisotopic (exact) mass is 620 g/mol. The highest BCUT2D eigenvalue weighted by molar-refractivity contribution is 5.88. The number of aliphatic hydroxyl groups excluding tert-OH is 1. The molecule has 45 heavy (non-hydrogen) atoms. The lowest BCUT2D eigenvalue weighted by Gasteiger charge is -2.52. The molecule has 0 radical (unpaired) electrons. The van der Waals surface area contributed by atoms with Crippen molar-refractivity contribution in [3.8, 4) is 23.0 Å². The molecule has 3 heterocycles. The summed E-state index contributed by atoms with van der Waals surface area (Å²) >= 11 is 0. The maximum absolute atomic E-state index is 13.2. The second-order valence-corrected chi connectivity index (χ2v) is 11.9. The van der Waals surface area contributed by atoms with Crippen LogP contribution < -0.4 is 18.9 Å². The number of ether oxygens (including phenoxy) is 6. The number of carbonyl (C=O) groups is 2. The van der Waals surface area contributed by atoms with E-state index in [9.17, 15) is 14.7 Å². The van der Waals surface area contributed by atoms with Gasteiger partial charge in [0.25, 0.3) is 0 Å². The van der Waals surface area contributed by atoms with Crippen LogP contribution in [0.2, 0.25) is 0 Å². The largest absolute Gasteiger partial charge is 0.497 e. The molecule has 2 aliphatic heterocycles. The summed E-state index contributed by atoms with van der Waals surface area (Å²) in [5.41, 5.74) is 4.12. The first-order valence-corrected chi connectivity index (χ1v) is 15.2. The number of hydrogen-bond acceptors (Lipinski definition) is 10. The second kappa shape index (κ2) is 12.6. The van der Waals surface area contributed by atoms with Gasteiger partial charge in [-0.3, -0.25) is 9.69 Å². The number of H-pyrrole nitrogens is 1. The molecule has 0 amide bonds. The number of methoxy groups -OCH3 is 5. The van der Waals surface area contributed by atoms with Crippen LogP contribution in [-0.2, 0) is 25.5 Å². The lowest BCUT2D eigenvalue weighted by Crippen LogP contribution is -2.58. The Hall–Kier alpha value is -4.22. The number of fused-ring (bicyclic) bond motifs is 6. The van der Waals surface area contributed by atoms with Gasteiger partial charge in [0.2, 0.25) is 5.75 Å². The van der Waals surface area contributed by atoms with Crippen LogP contribution in [0.25, 0.3) is 17.0 Å². The quantitative estimate of drug-likeness (QED) is 0.283. The van der Waals surface area contributed by atoms with Gasteiger partial charge in [0.15, 0.2) is 11.5 Å². The summed E-state index contributed by atoms with van der Waals surface area (Å²) in [6.45, 7) is 1.61. The molecule has 1 saturated heterocycles. The Labute approximate surface area is 262 Å². The van der Waals surface area contributed by atoms with Gasteiger partial charge in [-0.05, 0) is 72.6 Å². The third-order valence-electron chi connectivity index (χ3n) is 9.72. The number of piperidine rings is 1. The number of benzene rings is 2. The molecular formula is C34H40N2O9. The van der Waals surface area contributed by atoms with Crippen molar-refractivity contribution in [1.29, 1.82) is 0 Å². The number of aliphatic hydroxyl groups is 1. The summed E-state index contributed by atoms with van der Waals surface area (Å²) in [5, 5.41) is 12.7. The Morgan fingerprint density at radius 2 is 1.73 bits per heavy atom. The van der Waals surface area contributed by atoms with Gasteiger partial charge >= 0.3 is 11.9 Å². The van der Waals surface area contributed by atoms with Crippen molar-refractivity contribution in [2.45, 2.75) is 37.5 Å². The normalized spacial score (nSPS) is 26.0. The molecule has 0 spiro atoms. The molecule has 1 saturated carbocycles. The van der Waals surface area contributed by atoms with E-state index in [1.165, 1.54) is 45.5 Å². The first-order valence-electron chi connectivity index (χ1n) is 15.2. The Balaban J connectivity index is 1.21. The van der Waals surface area contributed by atoms with Crippen molar-refractivity contribution < 1.29 is 43.1 Å². The average Bonchev–Trinajstić information content (AvgIpc) is 3.44. The van der Waals surface area contributed by atoms with Gasteiger partial charge in [0.05, 0.1) is 47.5 Å². The number of rotatable bonds is 8. The molecule has 6 rings (SSSR count). The third kappa shape index (κ3) is 5.59. The van der Waals surface area contributed by atoms with Crippen LogP contribution in [0, 0.1) is 17.8 Å². The smallest absolute Gasteiger partial charge is 0.331 e. The summed E-state index contributed by atoms with van der Waals surface area (Å²) < 4.78 is 32.6. The van der Waals surface area contributed by atoms with Crippen LogP contribution in [0.4, 0.5) is 0 Å². The summed E-state index contributed by atoms with van der Waals surface area (Å²) in [4.78, 5) is 32.3. The van der Waals surface area contributed by atoms with Gasteiger partial charge in [0, 0.05) is 41.8 Å². The van der Waals surface area contributed by atoms with Crippen LogP contribution in [0.1, 0.15) is 35.7 Å². The Morgan fingerprint density at radius 3 is 2.40 bits per heavy atom. The minimum Gasteiger partial charge on any atom is -0.497 e. The zero-order chi connectivity index (χ0) is 31.8. The minimum atomic E-state index is -1.20. The number of nitrogens with zero attached hydrogens (tertiary/aromatic N) is 1. The lowest BCUT2D eigenvalue weighted by atomic mass is 9.64. The highest BCUT2D eigenvalue weighted by Crippen LogP contribution is 2.50. The molecule has 1 aromatic heterocycles. The van der Waals surface area contributed by atoms with Crippen molar-refractivity contribution in [3.63, 3.8) is 0 Å². The topological polar surface area (TPSA) is 129 Å². The van der Waals surface area contributed by atoms with Crippen LogP contribution in [0.3, 0.4) is 0 Å². The molecule has 2 aromatic carbocycles. The number of aromatic nitrogens is 1. The van der Waals surface area contributed by atoms with E-state index in [-0.39, 0.29) is 17.9 Å². The van der Waals surface area contributed by atoms with E-state index in [4.69, 9.17) is 28.4 Å². The van der Waals surface area contributed by atoms with Crippen LogP contribution in [0.15, 0.2) is 36.4 Å². The Morgan fingerprint density at radius 1 is 0.978 bits per heavy atom. The molecule has 0 unspecified atom stereocenters.